The van der Waals surface area contributed by atoms with Crippen molar-refractivity contribution < 1.29 is 0 Å². The Hall–Kier alpha value is -1.63. The Balaban J connectivity index is 1.88. The summed E-state index contributed by atoms with van der Waals surface area (Å²) in [6.07, 6.45) is 2.34. The molecule has 3 aliphatic rings. The molecule has 0 spiro atoms. The van der Waals surface area contributed by atoms with E-state index in [0.29, 0.717) is 5.92 Å². The predicted octanol–water partition coefficient (Wildman–Crippen LogP) is -1.01. The number of piperidine rings is 3. The fourth-order valence-electron chi connectivity index (χ4n) is 3.09. The molecule has 0 saturated carbocycles. The van der Waals surface area contributed by atoms with Crippen LogP contribution in [0.2, 0.25) is 0 Å². The van der Waals surface area contributed by atoms with Gasteiger partial charge in [-0.1, -0.05) is 0 Å². The molecular formula is C12H19N5O2. The lowest BCUT2D eigenvalue weighted by atomic mass is 9.84. The molecule has 1 aromatic heterocycles. The van der Waals surface area contributed by atoms with Crippen molar-refractivity contribution in [2.75, 3.05) is 25.0 Å². The van der Waals surface area contributed by atoms with E-state index in [-0.39, 0.29) is 17.4 Å². The first kappa shape index (κ1) is 12.4. The van der Waals surface area contributed by atoms with Crippen LogP contribution in [0.5, 0.6) is 0 Å². The van der Waals surface area contributed by atoms with Crippen LogP contribution < -0.4 is 16.6 Å². The maximum Gasteiger partial charge on any atom is 0.346 e. The largest absolute Gasteiger partial charge is 0.360 e. The number of nitrogens with zero attached hydrogens (tertiary/aromatic N) is 4. The van der Waals surface area contributed by atoms with E-state index in [1.165, 1.54) is 24.6 Å². The smallest absolute Gasteiger partial charge is 0.346 e. The van der Waals surface area contributed by atoms with E-state index in [4.69, 9.17) is 0 Å². The molecule has 0 amide bonds. The van der Waals surface area contributed by atoms with Gasteiger partial charge in [-0.2, -0.15) is 0 Å². The fraction of sp³-hybridized carbons (Fsp3) is 0.750. The van der Waals surface area contributed by atoms with Crippen molar-refractivity contribution in [2.24, 2.45) is 20.0 Å². The van der Waals surface area contributed by atoms with Crippen LogP contribution in [0.4, 0.5) is 5.82 Å². The molecule has 1 unspecified atom stereocenters. The standard InChI is InChI=1S/C12H19N5O2/c1-15-11(18)10(14-16(2)12(15)19)13-9-7-17-5-3-8(9)4-6-17/h8-9H,3-7H2,1-2H3,(H,13,14). The lowest BCUT2D eigenvalue weighted by molar-refractivity contribution is 0.0972. The Labute approximate surface area is 110 Å². The van der Waals surface area contributed by atoms with Crippen molar-refractivity contribution in [1.29, 1.82) is 0 Å². The minimum Gasteiger partial charge on any atom is -0.360 e. The van der Waals surface area contributed by atoms with Crippen molar-refractivity contribution in [2.45, 2.75) is 18.9 Å². The molecule has 1 atom stereocenters. The van der Waals surface area contributed by atoms with Crippen molar-refractivity contribution in [3.63, 3.8) is 0 Å². The first-order valence-electron chi connectivity index (χ1n) is 6.69. The van der Waals surface area contributed by atoms with E-state index in [9.17, 15) is 9.59 Å². The topological polar surface area (TPSA) is 72.2 Å². The first-order valence-corrected chi connectivity index (χ1v) is 6.69. The second kappa shape index (κ2) is 4.48. The second-order valence-corrected chi connectivity index (χ2v) is 5.51. The van der Waals surface area contributed by atoms with Gasteiger partial charge >= 0.3 is 5.69 Å². The minimum atomic E-state index is -0.399. The average molecular weight is 265 g/mol. The van der Waals surface area contributed by atoms with Gasteiger partial charge in [0.05, 0.1) is 0 Å². The van der Waals surface area contributed by atoms with Crippen LogP contribution in [0.3, 0.4) is 0 Å². The van der Waals surface area contributed by atoms with E-state index < -0.39 is 5.69 Å². The highest BCUT2D eigenvalue weighted by Gasteiger charge is 2.34. The number of nitrogens with one attached hydrogen (secondary N) is 1. The van der Waals surface area contributed by atoms with Crippen molar-refractivity contribution in [3.05, 3.63) is 20.8 Å². The zero-order valence-corrected chi connectivity index (χ0v) is 11.3. The summed E-state index contributed by atoms with van der Waals surface area (Å²) in [5.41, 5.74) is -0.746. The van der Waals surface area contributed by atoms with Gasteiger partial charge in [0, 0.05) is 26.7 Å². The Bertz CT molecular complexity index is 597. The van der Waals surface area contributed by atoms with Crippen LogP contribution in [0.15, 0.2) is 9.59 Å². The number of anilines is 1. The van der Waals surface area contributed by atoms with Crippen molar-refractivity contribution in [1.82, 2.24) is 19.2 Å². The molecule has 7 nitrogen and oxygen atoms in total. The van der Waals surface area contributed by atoms with E-state index in [1.807, 2.05) is 0 Å². The molecule has 4 rings (SSSR count). The van der Waals surface area contributed by atoms with Gasteiger partial charge in [0.2, 0.25) is 5.82 Å². The molecule has 3 fully saturated rings. The van der Waals surface area contributed by atoms with Crippen LogP contribution in [0.25, 0.3) is 0 Å². The van der Waals surface area contributed by atoms with Gasteiger partial charge in [-0.3, -0.25) is 9.36 Å². The Morgan fingerprint density at radius 2 is 1.89 bits per heavy atom. The molecule has 0 radical (unpaired) electrons. The summed E-state index contributed by atoms with van der Waals surface area (Å²) in [7, 11) is 3.04. The number of aromatic nitrogens is 3. The molecule has 2 bridgehead atoms. The van der Waals surface area contributed by atoms with Gasteiger partial charge in [0.25, 0.3) is 5.56 Å². The molecule has 3 aliphatic heterocycles. The van der Waals surface area contributed by atoms with Crippen LogP contribution in [0.1, 0.15) is 12.8 Å². The van der Waals surface area contributed by atoms with Gasteiger partial charge in [-0.25, -0.2) is 9.48 Å². The summed E-state index contributed by atoms with van der Waals surface area (Å²) in [6.45, 7) is 3.27. The number of hydrogen-bond acceptors (Lipinski definition) is 5. The molecular weight excluding hydrogens is 246 g/mol. The third kappa shape index (κ3) is 2.07. The highest BCUT2D eigenvalue weighted by molar-refractivity contribution is 5.32. The minimum absolute atomic E-state index is 0.264. The zero-order valence-electron chi connectivity index (χ0n) is 11.3. The quantitative estimate of drug-likeness (QED) is 0.741. The van der Waals surface area contributed by atoms with Gasteiger partial charge in [-0.05, 0) is 31.8 Å². The summed E-state index contributed by atoms with van der Waals surface area (Å²) >= 11 is 0. The molecule has 19 heavy (non-hydrogen) atoms. The summed E-state index contributed by atoms with van der Waals surface area (Å²) in [4.78, 5) is 26.0. The van der Waals surface area contributed by atoms with Crippen LogP contribution in [-0.4, -0.2) is 44.9 Å². The Morgan fingerprint density at radius 3 is 2.47 bits per heavy atom. The summed E-state index contributed by atoms with van der Waals surface area (Å²) in [5, 5.41) is 7.30. The summed E-state index contributed by atoms with van der Waals surface area (Å²) in [5.74, 6) is 0.886. The molecule has 0 aromatic carbocycles. The predicted molar refractivity (Wildman–Crippen MR) is 71.3 cm³/mol. The number of hydrogen-bond donors (Lipinski definition) is 1. The Morgan fingerprint density at radius 1 is 1.21 bits per heavy atom. The first-order chi connectivity index (χ1) is 9.06. The van der Waals surface area contributed by atoms with Gasteiger partial charge < -0.3 is 10.2 Å². The normalized spacial score (nSPS) is 29.5. The maximum atomic E-state index is 12.0. The van der Waals surface area contributed by atoms with Crippen LogP contribution in [0, 0.1) is 5.92 Å². The van der Waals surface area contributed by atoms with E-state index in [1.54, 1.807) is 7.05 Å². The highest BCUT2D eigenvalue weighted by Crippen LogP contribution is 2.28. The Kier molecular flexibility index (Phi) is 2.93. The number of aryl methyl sites for hydroxylation is 1. The monoisotopic (exact) mass is 265 g/mol. The lowest BCUT2D eigenvalue weighted by Crippen LogP contribution is -2.54. The number of fused-ring (bicyclic) bond motifs is 3. The molecule has 104 valence electrons. The molecule has 7 heteroatoms. The number of rotatable bonds is 2. The highest BCUT2D eigenvalue weighted by atomic mass is 16.2. The fourth-order valence-corrected chi connectivity index (χ4v) is 3.09. The van der Waals surface area contributed by atoms with Crippen LogP contribution >= 0.6 is 0 Å². The zero-order chi connectivity index (χ0) is 13.6. The molecule has 1 N–H and O–H groups in total. The SMILES string of the molecule is Cn1nc(NC2CN3CCC2CC3)c(=O)n(C)c1=O. The maximum absolute atomic E-state index is 12.0. The van der Waals surface area contributed by atoms with Crippen molar-refractivity contribution in [3.8, 4) is 0 Å². The summed E-state index contributed by atoms with van der Waals surface area (Å²) < 4.78 is 2.29. The van der Waals surface area contributed by atoms with Gasteiger partial charge in [0.1, 0.15) is 0 Å². The third-order valence-corrected chi connectivity index (χ3v) is 4.30. The van der Waals surface area contributed by atoms with Crippen LogP contribution in [-0.2, 0) is 14.1 Å². The van der Waals surface area contributed by atoms with Gasteiger partial charge in [-0.15, -0.1) is 5.10 Å². The van der Waals surface area contributed by atoms with E-state index in [0.717, 1.165) is 24.2 Å². The molecule has 3 saturated heterocycles. The van der Waals surface area contributed by atoms with E-state index >= 15 is 0 Å². The average Bonchev–Trinajstić information content (AvgIpc) is 2.44. The third-order valence-electron chi connectivity index (χ3n) is 4.30. The molecule has 1 aromatic rings. The lowest BCUT2D eigenvalue weighted by Gasteiger charge is -2.45. The van der Waals surface area contributed by atoms with Crippen molar-refractivity contribution >= 4 is 5.82 Å². The molecule has 0 aliphatic carbocycles. The summed E-state index contributed by atoms with van der Waals surface area (Å²) in [6, 6.07) is 0.264. The molecule has 4 heterocycles. The van der Waals surface area contributed by atoms with E-state index in [2.05, 4.69) is 15.3 Å². The second-order valence-electron chi connectivity index (χ2n) is 5.51. The van der Waals surface area contributed by atoms with Gasteiger partial charge in [0.15, 0.2) is 0 Å².